The number of nitrogens with one attached hydrogen (secondary N) is 1. The van der Waals surface area contributed by atoms with E-state index in [-0.39, 0.29) is 0 Å². The molecule has 2 nitrogen and oxygen atoms in total. The number of hydrogen-bond acceptors (Lipinski definition) is 2. The van der Waals surface area contributed by atoms with Gasteiger partial charge in [0, 0.05) is 18.1 Å². The molecular formula is C8H15NO. The highest BCUT2D eigenvalue weighted by atomic mass is 16.3. The molecule has 1 aliphatic heterocycles. The van der Waals surface area contributed by atoms with Crippen LogP contribution in [0.2, 0.25) is 0 Å². The summed E-state index contributed by atoms with van der Waals surface area (Å²) >= 11 is 0. The standard InChI is InChI=1S/C8H15NO/c10-6-7-5-8(7)3-1-2-4-9-8/h7,9-10H,1-6H2. The molecule has 0 aromatic heterocycles. The molecule has 1 saturated heterocycles. The Kier molecular flexibility index (Phi) is 1.46. The fourth-order valence-electron chi connectivity index (χ4n) is 2.13. The summed E-state index contributed by atoms with van der Waals surface area (Å²) in [7, 11) is 0. The summed E-state index contributed by atoms with van der Waals surface area (Å²) in [4.78, 5) is 0. The Bertz CT molecular complexity index is 129. The Hall–Kier alpha value is -0.0800. The minimum atomic E-state index is 0.382. The Balaban J connectivity index is 1.92. The molecule has 2 atom stereocenters. The SMILES string of the molecule is OCC1CC12CCCCN2. The number of aliphatic hydroxyl groups excluding tert-OH is 1. The first-order valence-electron chi connectivity index (χ1n) is 4.23. The summed E-state index contributed by atoms with van der Waals surface area (Å²) in [6, 6.07) is 0. The molecule has 10 heavy (non-hydrogen) atoms. The van der Waals surface area contributed by atoms with Crippen LogP contribution < -0.4 is 5.32 Å². The average Bonchev–Trinajstić information content (AvgIpc) is 2.65. The van der Waals surface area contributed by atoms with Crippen molar-refractivity contribution in [3.63, 3.8) is 0 Å². The maximum absolute atomic E-state index is 8.88. The molecule has 2 rings (SSSR count). The van der Waals surface area contributed by atoms with Crippen molar-refractivity contribution in [1.29, 1.82) is 0 Å². The van der Waals surface area contributed by atoms with Crippen molar-refractivity contribution in [2.24, 2.45) is 5.92 Å². The summed E-state index contributed by atoms with van der Waals surface area (Å²) in [5, 5.41) is 12.4. The molecule has 2 unspecified atom stereocenters. The molecule has 2 aliphatic rings. The fraction of sp³-hybridized carbons (Fsp3) is 1.00. The van der Waals surface area contributed by atoms with Gasteiger partial charge in [-0.1, -0.05) is 6.42 Å². The largest absolute Gasteiger partial charge is 0.396 e. The maximum atomic E-state index is 8.88. The van der Waals surface area contributed by atoms with Crippen LogP contribution in [0.15, 0.2) is 0 Å². The highest BCUT2D eigenvalue weighted by Gasteiger charge is 2.53. The van der Waals surface area contributed by atoms with E-state index in [0.717, 1.165) is 6.54 Å². The first-order valence-corrected chi connectivity index (χ1v) is 4.23. The summed E-state index contributed by atoms with van der Waals surface area (Å²) in [6.45, 7) is 1.55. The van der Waals surface area contributed by atoms with Gasteiger partial charge >= 0.3 is 0 Å². The normalized spacial score (nSPS) is 45.9. The quantitative estimate of drug-likeness (QED) is 0.557. The van der Waals surface area contributed by atoms with Gasteiger partial charge in [-0.2, -0.15) is 0 Å². The van der Waals surface area contributed by atoms with E-state index in [0.29, 0.717) is 18.1 Å². The molecule has 0 amide bonds. The second-order valence-corrected chi connectivity index (χ2v) is 3.62. The fourth-order valence-corrected chi connectivity index (χ4v) is 2.13. The van der Waals surface area contributed by atoms with Crippen molar-refractivity contribution in [2.75, 3.05) is 13.2 Å². The predicted molar refractivity (Wildman–Crippen MR) is 39.8 cm³/mol. The van der Waals surface area contributed by atoms with Crippen LogP contribution in [-0.4, -0.2) is 23.8 Å². The van der Waals surface area contributed by atoms with E-state index in [4.69, 9.17) is 5.11 Å². The summed E-state index contributed by atoms with van der Waals surface area (Å²) < 4.78 is 0. The number of piperidine rings is 1. The Morgan fingerprint density at radius 2 is 2.40 bits per heavy atom. The van der Waals surface area contributed by atoms with Gasteiger partial charge in [-0.05, 0) is 25.8 Å². The third-order valence-electron chi connectivity index (χ3n) is 2.98. The lowest BCUT2D eigenvalue weighted by molar-refractivity contribution is 0.242. The maximum Gasteiger partial charge on any atom is 0.0477 e. The third-order valence-corrected chi connectivity index (χ3v) is 2.98. The average molecular weight is 141 g/mol. The zero-order valence-electron chi connectivity index (χ0n) is 6.27. The molecule has 0 bridgehead atoms. The van der Waals surface area contributed by atoms with E-state index in [1.165, 1.54) is 25.7 Å². The van der Waals surface area contributed by atoms with Gasteiger partial charge in [-0.3, -0.25) is 0 Å². The van der Waals surface area contributed by atoms with E-state index >= 15 is 0 Å². The van der Waals surface area contributed by atoms with E-state index in [1.54, 1.807) is 0 Å². The van der Waals surface area contributed by atoms with Crippen LogP contribution in [0.3, 0.4) is 0 Å². The van der Waals surface area contributed by atoms with Crippen LogP contribution in [-0.2, 0) is 0 Å². The zero-order valence-corrected chi connectivity index (χ0v) is 6.27. The van der Waals surface area contributed by atoms with Crippen molar-refractivity contribution in [1.82, 2.24) is 5.32 Å². The third kappa shape index (κ3) is 0.867. The van der Waals surface area contributed by atoms with Gasteiger partial charge in [0.2, 0.25) is 0 Å². The summed E-state index contributed by atoms with van der Waals surface area (Å²) in [5.74, 6) is 0.577. The van der Waals surface area contributed by atoms with Gasteiger partial charge in [0.1, 0.15) is 0 Å². The molecule has 58 valence electrons. The molecule has 0 radical (unpaired) electrons. The molecule has 1 saturated carbocycles. The van der Waals surface area contributed by atoms with Gasteiger partial charge in [0.05, 0.1) is 0 Å². The van der Waals surface area contributed by atoms with Crippen molar-refractivity contribution < 1.29 is 5.11 Å². The number of rotatable bonds is 1. The minimum Gasteiger partial charge on any atom is -0.396 e. The van der Waals surface area contributed by atoms with Crippen LogP contribution in [0.25, 0.3) is 0 Å². The van der Waals surface area contributed by atoms with Gasteiger partial charge in [0.25, 0.3) is 0 Å². The van der Waals surface area contributed by atoms with Crippen LogP contribution in [0.1, 0.15) is 25.7 Å². The second kappa shape index (κ2) is 2.21. The number of hydrogen-bond donors (Lipinski definition) is 2. The monoisotopic (exact) mass is 141 g/mol. The molecule has 1 heterocycles. The van der Waals surface area contributed by atoms with Gasteiger partial charge in [-0.25, -0.2) is 0 Å². The number of aliphatic hydroxyl groups is 1. The lowest BCUT2D eigenvalue weighted by Gasteiger charge is -2.23. The van der Waals surface area contributed by atoms with Crippen LogP contribution in [0.5, 0.6) is 0 Å². The smallest absolute Gasteiger partial charge is 0.0477 e. The Morgan fingerprint density at radius 1 is 1.50 bits per heavy atom. The summed E-state index contributed by atoms with van der Waals surface area (Å²) in [6.07, 6.45) is 5.17. The molecular weight excluding hydrogens is 126 g/mol. The first kappa shape index (κ1) is 6.62. The van der Waals surface area contributed by atoms with Gasteiger partial charge in [0.15, 0.2) is 0 Å². The van der Waals surface area contributed by atoms with Crippen molar-refractivity contribution >= 4 is 0 Å². The lowest BCUT2D eigenvalue weighted by Crippen LogP contribution is -2.38. The molecule has 1 spiro atoms. The van der Waals surface area contributed by atoms with Crippen LogP contribution in [0.4, 0.5) is 0 Å². The van der Waals surface area contributed by atoms with Crippen molar-refractivity contribution in [3.8, 4) is 0 Å². The molecule has 2 fully saturated rings. The predicted octanol–water partition coefficient (Wildman–Crippen LogP) is 0.511. The molecule has 2 heteroatoms. The zero-order chi connectivity index (χ0) is 7.03. The van der Waals surface area contributed by atoms with E-state index in [9.17, 15) is 0 Å². The van der Waals surface area contributed by atoms with Gasteiger partial charge < -0.3 is 10.4 Å². The van der Waals surface area contributed by atoms with E-state index < -0.39 is 0 Å². The second-order valence-electron chi connectivity index (χ2n) is 3.62. The topological polar surface area (TPSA) is 32.3 Å². The van der Waals surface area contributed by atoms with Crippen LogP contribution in [0, 0.1) is 5.92 Å². The van der Waals surface area contributed by atoms with E-state index in [1.807, 2.05) is 0 Å². The van der Waals surface area contributed by atoms with Crippen molar-refractivity contribution in [3.05, 3.63) is 0 Å². The molecule has 0 aromatic carbocycles. The Morgan fingerprint density at radius 3 is 2.90 bits per heavy atom. The van der Waals surface area contributed by atoms with Crippen molar-refractivity contribution in [2.45, 2.75) is 31.2 Å². The summed E-state index contributed by atoms with van der Waals surface area (Å²) in [5.41, 5.74) is 0.396. The van der Waals surface area contributed by atoms with Gasteiger partial charge in [-0.15, -0.1) is 0 Å². The molecule has 1 aliphatic carbocycles. The van der Waals surface area contributed by atoms with E-state index in [2.05, 4.69) is 5.32 Å². The lowest BCUT2D eigenvalue weighted by atomic mass is 10.0. The Labute approximate surface area is 61.6 Å². The first-order chi connectivity index (χ1) is 4.87. The van der Waals surface area contributed by atoms with Crippen LogP contribution >= 0.6 is 0 Å². The highest BCUT2D eigenvalue weighted by Crippen LogP contribution is 2.48. The highest BCUT2D eigenvalue weighted by molar-refractivity contribution is 5.10. The minimum absolute atomic E-state index is 0.382. The molecule has 0 aromatic rings. The molecule has 2 N–H and O–H groups in total.